The summed E-state index contributed by atoms with van der Waals surface area (Å²) in [6.07, 6.45) is 0. The van der Waals surface area contributed by atoms with E-state index < -0.39 is 0 Å². The molecule has 9 rings (SSSR count). The summed E-state index contributed by atoms with van der Waals surface area (Å²) in [6.45, 7) is 2.16. The molecule has 0 saturated heterocycles. The second kappa shape index (κ2) is 9.62. The lowest BCUT2D eigenvalue weighted by Crippen LogP contribution is -2.11. The third-order valence-electron chi connectivity index (χ3n) is 8.78. The van der Waals surface area contributed by atoms with Crippen LogP contribution in [0.5, 0.6) is 0 Å². The zero-order chi connectivity index (χ0) is 29.2. The predicted octanol–water partition coefficient (Wildman–Crippen LogP) is 12.1. The van der Waals surface area contributed by atoms with Gasteiger partial charge in [0, 0.05) is 49.6 Å². The topological polar surface area (TPSA) is 29.5 Å². The molecule has 0 saturated carbocycles. The summed E-state index contributed by atoms with van der Waals surface area (Å²) in [7, 11) is 0. The molecule has 3 heteroatoms. The van der Waals surface area contributed by atoms with Gasteiger partial charge in [0.15, 0.2) is 0 Å². The molecule has 208 valence electrons. The molecule has 2 aromatic heterocycles. The van der Waals surface area contributed by atoms with Crippen molar-refractivity contribution in [3.05, 3.63) is 151 Å². The summed E-state index contributed by atoms with van der Waals surface area (Å²) in [5.74, 6) is 0. The molecule has 0 radical (unpaired) electrons. The van der Waals surface area contributed by atoms with Gasteiger partial charge < -0.3 is 13.7 Å². The minimum Gasteiger partial charge on any atom is -0.456 e. The molecule has 0 aliphatic heterocycles. The zero-order valence-electron chi connectivity index (χ0n) is 24.1. The molecule has 44 heavy (non-hydrogen) atoms. The van der Waals surface area contributed by atoms with Crippen LogP contribution < -0.4 is 4.90 Å². The first-order valence-corrected chi connectivity index (χ1v) is 14.9. The third kappa shape index (κ3) is 3.69. The van der Waals surface area contributed by atoms with Crippen LogP contribution in [0.1, 0.15) is 5.56 Å². The van der Waals surface area contributed by atoms with E-state index in [4.69, 9.17) is 8.83 Å². The molecule has 0 atom stereocenters. The molecule has 0 fully saturated rings. The fourth-order valence-corrected chi connectivity index (χ4v) is 6.78. The zero-order valence-corrected chi connectivity index (χ0v) is 24.1. The SMILES string of the molecule is Cc1cccc2oc3c4ccccc4c(N(c4ccc5c(c4)oc4ccccc45)c4ccccc4-c4ccccc4)cc3c12. The van der Waals surface area contributed by atoms with E-state index in [0.29, 0.717) is 0 Å². The Morgan fingerprint density at radius 2 is 1.16 bits per heavy atom. The summed E-state index contributed by atoms with van der Waals surface area (Å²) < 4.78 is 13.0. The van der Waals surface area contributed by atoms with E-state index in [9.17, 15) is 0 Å². The predicted molar refractivity (Wildman–Crippen MR) is 183 cm³/mol. The highest BCUT2D eigenvalue weighted by Crippen LogP contribution is 2.48. The van der Waals surface area contributed by atoms with E-state index in [1.807, 2.05) is 12.1 Å². The Bertz CT molecular complexity index is 2520. The number of nitrogens with zero attached hydrogens (tertiary/aromatic N) is 1. The van der Waals surface area contributed by atoms with E-state index in [0.717, 1.165) is 82.8 Å². The van der Waals surface area contributed by atoms with Gasteiger partial charge >= 0.3 is 0 Å². The number of fused-ring (bicyclic) bond motifs is 8. The van der Waals surface area contributed by atoms with Crippen LogP contribution in [-0.2, 0) is 0 Å². The Labute approximate surface area is 254 Å². The quantitative estimate of drug-likeness (QED) is 0.213. The van der Waals surface area contributed by atoms with Crippen molar-refractivity contribution in [2.45, 2.75) is 6.92 Å². The Morgan fingerprint density at radius 1 is 0.455 bits per heavy atom. The maximum absolute atomic E-state index is 6.54. The van der Waals surface area contributed by atoms with Crippen molar-refractivity contribution in [3.8, 4) is 11.1 Å². The average molecular weight is 566 g/mol. The standard InChI is InChI=1S/C41H27NO2/c1-26-12-11-21-38-40(26)34-25-36(30-16-5-6-18-33(30)41(34)44-38)42(35-19-9-7-15-29(35)27-13-3-2-4-14-27)28-22-23-32-31-17-8-10-20-37(31)43-39(32)24-28/h2-25H,1H3. The first kappa shape index (κ1) is 24.8. The van der Waals surface area contributed by atoms with Gasteiger partial charge in [-0.3, -0.25) is 0 Å². The Kier molecular flexibility index (Phi) is 5.41. The van der Waals surface area contributed by atoms with Gasteiger partial charge in [-0.1, -0.05) is 103 Å². The van der Waals surface area contributed by atoms with E-state index in [1.54, 1.807) is 0 Å². The van der Waals surface area contributed by atoms with Gasteiger partial charge in [0.2, 0.25) is 0 Å². The van der Waals surface area contributed by atoms with E-state index >= 15 is 0 Å². The lowest BCUT2D eigenvalue weighted by molar-refractivity contribution is 0.669. The molecular weight excluding hydrogens is 538 g/mol. The molecule has 0 spiro atoms. The molecule has 0 N–H and O–H groups in total. The largest absolute Gasteiger partial charge is 0.456 e. The summed E-state index contributed by atoms with van der Waals surface area (Å²) in [5, 5.41) is 6.69. The number of anilines is 3. The van der Waals surface area contributed by atoms with Crippen molar-refractivity contribution in [1.29, 1.82) is 0 Å². The molecule has 2 heterocycles. The van der Waals surface area contributed by atoms with Gasteiger partial charge in [0.05, 0.1) is 11.4 Å². The number of furan rings is 2. The van der Waals surface area contributed by atoms with Gasteiger partial charge in [-0.15, -0.1) is 0 Å². The smallest absolute Gasteiger partial charge is 0.143 e. The highest BCUT2D eigenvalue weighted by molar-refractivity contribution is 6.20. The first-order chi connectivity index (χ1) is 21.7. The number of para-hydroxylation sites is 2. The van der Waals surface area contributed by atoms with Crippen LogP contribution in [0, 0.1) is 6.92 Å². The fraction of sp³-hybridized carbons (Fsp3) is 0.0244. The fourth-order valence-electron chi connectivity index (χ4n) is 6.78. The van der Waals surface area contributed by atoms with E-state index in [-0.39, 0.29) is 0 Å². The maximum atomic E-state index is 6.54. The Hall–Kier alpha value is -5.80. The summed E-state index contributed by atoms with van der Waals surface area (Å²) in [5.41, 5.74) is 10.3. The highest BCUT2D eigenvalue weighted by Gasteiger charge is 2.23. The lowest BCUT2D eigenvalue weighted by atomic mass is 9.98. The maximum Gasteiger partial charge on any atom is 0.143 e. The van der Waals surface area contributed by atoms with Crippen molar-refractivity contribution >= 4 is 71.7 Å². The van der Waals surface area contributed by atoms with Gasteiger partial charge in [-0.2, -0.15) is 0 Å². The van der Waals surface area contributed by atoms with Gasteiger partial charge in [0.25, 0.3) is 0 Å². The molecule has 3 nitrogen and oxygen atoms in total. The van der Waals surface area contributed by atoms with Crippen LogP contribution >= 0.6 is 0 Å². The van der Waals surface area contributed by atoms with E-state index in [2.05, 4.69) is 145 Å². The van der Waals surface area contributed by atoms with Crippen LogP contribution in [0.4, 0.5) is 17.1 Å². The number of aryl methyl sites for hydroxylation is 1. The van der Waals surface area contributed by atoms with Gasteiger partial charge in [-0.25, -0.2) is 0 Å². The number of hydrogen-bond acceptors (Lipinski definition) is 3. The van der Waals surface area contributed by atoms with Crippen molar-refractivity contribution in [2.24, 2.45) is 0 Å². The second-order valence-electron chi connectivity index (χ2n) is 11.4. The molecule has 0 bridgehead atoms. The number of rotatable bonds is 4. The molecule has 0 aliphatic rings. The average Bonchev–Trinajstić information content (AvgIpc) is 3.64. The molecule has 0 amide bonds. The Balaban J connectivity index is 1.41. The van der Waals surface area contributed by atoms with Crippen molar-refractivity contribution in [2.75, 3.05) is 4.90 Å². The normalized spacial score (nSPS) is 11.8. The minimum absolute atomic E-state index is 0.862. The van der Waals surface area contributed by atoms with Gasteiger partial charge in [0.1, 0.15) is 22.3 Å². The Morgan fingerprint density at radius 3 is 2.05 bits per heavy atom. The minimum atomic E-state index is 0.862. The van der Waals surface area contributed by atoms with Crippen LogP contribution in [0.3, 0.4) is 0 Å². The highest BCUT2D eigenvalue weighted by atomic mass is 16.3. The number of benzene rings is 7. The summed E-state index contributed by atoms with van der Waals surface area (Å²) in [6, 6.07) is 51.2. The monoisotopic (exact) mass is 565 g/mol. The molecule has 9 aromatic rings. The van der Waals surface area contributed by atoms with Gasteiger partial charge in [-0.05, 0) is 54.4 Å². The molecule has 7 aromatic carbocycles. The first-order valence-electron chi connectivity index (χ1n) is 14.9. The van der Waals surface area contributed by atoms with Crippen molar-refractivity contribution in [1.82, 2.24) is 0 Å². The van der Waals surface area contributed by atoms with Crippen LogP contribution in [0.15, 0.2) is 154 Å². The third-order valence-corrected chi connectivity index (χ3v) is 8.78. The summed E-state index contributed by atoms with van der Waals surface area (Å²) >= 11 is 0. The van der Waals surface area contributed by atoms with Crippen LogP contribution in [-0.4, -0.2) is 0 Å². The lowest BCUT2D eigenvalue weighted by Gasteiger charge is -2.29. The number of hydrogen-bond donors (Lipinski definition) is 0. The van der Waals surface area contributed by atoms with Crippen LogP contribution in [0.2, 0.25) is 0 Å². The van der Waals surface area contributed by atoms with Crippen molar-refractivity contribution < 1.29 is 8.83 Å². The molecular formula is C41H27NO2. The summed E-state index contributed by atoms with van der Waals surface area (Å²) in [4.78, 5) is 2.38. The van der Waals surface area contributed by atoms with Crippen LogP contribution in [0.25, 0.3) is 65.8 Å². The second-order valence-corrected chi connectivity index (χ2v) is 11.4. The van der Waals surface area contributed by atoms with Crippen molar-refractivity contribution in [3.63, 3.8) is 0 Å². The molecule has 0 aliphatic carbocycles. The molecule has 0 unspecified atom stereocenters. The van der Waals surface area contributed by atoms with E-state index in [1.165, 1.54) is 5.56 Å².